The molecule has 0 fully saturated rings. The molecule has 0 unspecified atom stereocenters. The third-order valence-corrected chi connectivity index (χ3v) is 4.50. The van der Waals surface area contributed by atoms with Crippen LogP contribution >= 0.6 is 22.9 Å². The molecule has 21 heavy (non-hydrogen) atoms. The van der Waals surface area contributed by atoms with Crippen LogP contribution in [0.15, 0.2) is 42.5 Å². The topological polar surface area (TPSA) is 46.3 Å². The summed E-state index contributed by atoms with van der Waals surface area (Å²) in [6.07, 6.45) is 0.557. The van der Waals surface area contributed by atoms with Crippen molar-refractivity contribution in [1.82, 2.24) is 4.90 Å². The molecule has 0 radical (unpaired) electrons. The fourth-order valence-electron chi connectivity index (χ4n) is 2.16. The average Bonchev–Trinajstić information content (AvgIpc) is 2.90. The summed E-state index contributed by atoms with van der Waals surface area (Å²) < 4.78 is 0.738. The molecule has 0 aliphatic rings. The molecule has 1 aromatic carbocycles. The maximum atomic E-state index is 12.5. The lowest BCUT2D eigenvalue weighted by atomic mass is 10.1. The van der Waals surface area contributed by atoms with Crippen LogP contribution in [0.5, 0.6) is 0 Å². The van der Waals surface area contributed by atoms with Gasteiger partial charge < -0.3 is 10.6 Å². The molecule has 0 bridgehead atoms. The maximum Gasteiger partial charge on any atom is 0.240 e. The van der Waals surface area contributed by atoms with E-state index in [0.29, 0.717) is 19.5 Å². The largest absolute Gasteiger partial charge is 0.336 e. The molecule has 1 heterocycles. The average molecular weight is 323 g/mol. The number of carbonyl (C=O) groups is 1. The van der Waals surface area contributed by atoms with Gasteiger partial charge in [-0.05, 0) is 31.0 Å². The second-order valence-corrected chi connectivity index (χ2v) is 6.65. The second-order valence-electron chi connectivity index (χ2n) is 4.85. The van der Waals surface area contributed by atoms with Crippen molar-refractivity contribution < 1.29 is 4.79 Å². The number of nitrogens with two attached hydrogens (primary N) is 1. The minimum absolute atomic E-state index is 0.0223. The zero-order valence-electron chi connectivity index (χ0n) is 12.0. The van der Waals surface area contributed by atoms with E-state index >= 15 is 0 Å². The molecule has 0 aliphatic heterocycles. The summed E-state index contributed by atoms with van der Waals surface area (Å²) in [6, 6.07) is 13.1. The number of nitrogens with zero attached hydrogens (tertiary/aromatic N) is 1. The lowest BCUT2D eigenvalue weighted by molar-refractivity contribution is -0.132. The molecular weight excluding hydrogens is 304 g/mol. The van der Waals surface area contributed by atoms with Crippen LogP contribution in [0.2, 0.25) is 4.34 Å². The number of thiophene rings is 1. The molecule has 0 spiro atoms. The molecule has 1 atom stereocenters. The summed E-state index contributed by atoms with van der Waals surface area (Å²) >= 11 is 7.42. The van der Waals surface area contributed by atoms with Crippen molar-refractivity contribution in [3.63, 3.8) is 0 Å². The summed E-state index contributed by atoms with van der Waals surface area (Å²) in [7, 11) is 0. The van der Waals surface area contributed by atoms with Crippen LogP contribution in [-0.2, 0) is 17.8 Å². The van der Waals surface area contributed by atoms with Crippen LogP contribution in [0.4, 0.5) is 0 Å². The van der Waals surface area contributed by atoms with Crippen molar-refractivity contribution in [3.8, 4) is 0 Å². The van der Waals surface area contributed by atoms with E-state index in [-0.39, 0.29) is 5.91 Å². The highest BCUT2D eigenvalue weighted by molar-refractivity contribution is 7.16. The first-order valence-electron chi connectivity index (χ1n) is 6.92. The first-order valence-corrected chi connectivity index (χ1v) is 8.12. The Hall–Kier alpha value is -1.36. The van der Waals surface area contributed by atoms with Crippen molar-refractivity contribution in [3.05, 3.63) is 57.2 Å². The predicted molar refractivity (Wildman–Crippen MR) is 88.5 cm³/mol. The number of halogens is 1. The van der Waals surface area contributed by atoms with E-state index in [2.05, 4.69) is 0 Å². The summed E-state index contributed by atoms with van der Waals surface area (Å²) in [5, 5.41) is 0. The number of rotatable bonds is 6. The SMILES string of the molecule is CCN(Cc1ccc(Cl)s1)C(=O)[C@@H](N)Cc1ccccc1. The van der Waals surface area contributed by atoms with Crippen molar-refractivity contribution in [2.24, 2.45) is 5.73 Å². The van der Waals surface area contributed by atoms with E-state index in [0.717, 1.165) is 14.8 Å². The standard InChI is InChI=1S/C16H19ClN2OS/c1-2-19(11-13-8-9-15(17)21-13)16(20)14(18)10-12-6-4-3-5-7-12/h3-9,14H,2,10-11,18H2,1H3/t14-/m0/s1. The minimum Gasteiger partial charge on any atom is -0.336 e. The van der Waals surface area contributed by atoms with Crippen molar-refractivity contribution in [1.29, 1.82) is 0 Å². The van der Waals surface area contributed by atoms with Gasteiger partial charge in [-0.1, -0.05) is 41.9 Å². The van der Waals surface area contributed by atoms with E-state index in [4.69, 9.17) is 17.3 Å². The normalized spacial score (nSPS) is 12.1. The van der Waals surface area contributed by atoms with Crippen LogP contribution in [-0.4, -0.2) is 23.4 Å². The van der Waals surface area contributed by atoms with Crippen LogP contribution in [0.25, 0.3) is 0 Å². The Kier molecular flexibility index (Phi) is 5.79. The molecular formula is C16H19ClN2OS. The quantitative estimate of drug-likeness (QED) is 0.886. The van der Waals surface area contributed by atoms with Crippen molar-refractivity contribution in [2.75, 3.05) is 6.54 Å². The van der Waals surface area contributed by atoms with E-state index in [1.807, 2.05) is 49.4 Å². The van der Waals surface area contributed by atoms with Crippen LogP contribution in [0.3, 0.4) is 0 Å². The highest BCUT2D eigenvalue weighted by Crippen LogP contribution is 2.23. The molecule has 5 heteroatoms. The first kappa shape index (κ1) is 16.0. The Morgan fingerprint density at radius 2 is 2.00 bits per heavy atom. The van der Waals surface area contributed by atoms with Gasteiger partial charge >= 0.3 is 0 Å². The molecule has 2 N–H and O–H groups in total. The molecule has 1 amide bonds. The second kappa shape index (κ2) is 7.59. The first-order chi connectivity index (χ1) is 10.1. The minimum atomic E-state index is -0.511. The van der Waals surface area contributed by atoms with Crippen LogP contribution < -0.4 is 5.73 Å². The highest BCUT2D eigenvalue weighted by atomic mass is 35.5. The van der Waals surface area contributed by atoms with E-state index in [1.165, 1.54) is 11.3 Å². The van der Waals surface area contributed by atoms with Gasteiger partial charge in [0, 0.05) is 11.4 Å². The number of likely N-dealkylation sites (N-methyl/N-ethyl adjacent to an activating group) is 1. The molecule has 3 nitrogen and oxygen atoms in total. The third kappa shape index (κ3) is 4.56. The van der Waals surface area contributed by atoms with Crippen LogP contribution in [0, 0.1) is 0 Å². The number of hydrogen-bond acceptors (Lipinski definition) is 3. The predicted octanol–water partition coefficient (Wildman–Crippen LogP) is 3.32. The van der Waals surface area contributed by atoms with E-state index < -0.39 is 6.04 Å². The molecule has 1 aromatic heterocycles. The van der Waals surface area contributed by atoms with Crippen LogP contribution in [0.1, 0.15) is 17.4 Å². The fourth-order valence-corrected chi connectivity index (χ4v) is 3.26. The van der Waals surface area contributed by atoms with Crippen molar-refractivity contribution in [2.45, 2.75) is 25.9 Å². The summed E-state index contributed by atoms with van der Waals surface area (Å²) in [5.41, 5.74) is 7.15. The van der Waals surface area contributed by atoms with Gasteiger partial charge in [0.15, 0.2) is 0 Å². The van der Waals surface area contributed by atoms with Gasteiger partial charge in [0.1, 0.15) is 0 Å². The van der Waals surface area contributed by atoms with Crippen molar-refractivity contribution >= 4 is 28.8 Å². The fraction of sp³-hybridized carbons (Fsp3) is 0.312. The Balaban J connectivity index is 1.98. The summed E-state index contributed by atoms with van der Waals surface area (Å²) in [6.45, 7) is 3.16. The molecule has 112 valence electrons. The smallest absolute Gasteiger partial charge is 0.240 e. The highest BCUT2D eigenvalue weighted by Gasteiger charge is 2.20. The number of benzene rings is 1. The Morgan fingerprint density at radius 1 is 1.29 bits per heavy atom. The van der Waals surface area contributed by atoms with E-state index in [9.17, 15) is 4.79 Å². The molecule has 0 saturated heterocycles. The Labute approximate surface area is 134 Å². The lowest BCUT2D eigenvalue weighted by Crippen LogP contribution is -2.44. The lowest BCUT2D eigenvalue weighted by Gasteiger charge is -2.24. The monoisotopic (exact) mass is 322 g/mol. The van der Waals surface area contributed by atoms with Gasteiger partial charge in [-0.3, -0.25) is 4.79 Å². The van der Waals surface area contributed by atoms with Gasteiger partial charge in [0.2, 0.25) is 5.91 Å². The number of amides is 1. The van der Waals surface area contributed by atoms with E-state index in [1.54, 1.807) is 4.90 Å². The molecule has 2 aromatic rings. The molecule has 0 saturated carbocycles. The third-order valence-electron chi connectivity index (χ3n) is 3.28. The molecule has 0 aliphatic carbocycles. The van der Waals surface area contributed by atoms with Gasteiger partial charge in [0.25, 0.3) is 0 Å². The van der Waals surface area contributed by atoms with Gasteiger partial charge in [0.05, 0.1) is 16.9 Å². The zero-order chi connectivity index (χ0) is 15.2. The summed E-state index contributed by atoms with van der Waals surface area (Å²) in [5.74, 6) is -0.0223. The number of hydrogen-bond donors (Lipinski definition) is 1. The van der Waals surface area contributed by atoms with Gasteiger partial charge in [-0.15, -0.1) is 11.3 Å². The summed E-state index contributed by atoms with van der Waals surface area (Å²) in [4.78, 5) is 15.3. The zero-order valence-corrected chi connectivity index (χ0v) is 13.5. The maximum absolute atomic E-state index is 12.5. The van der Waals surface area contributed by atoms with Gasteiger partial charge in [-0.2, -0.15) is 0 Å². The number of carbonyl (C=O) groups excluding carboxylic acids is 1. The molecule has 2 rings (SSSR count). The Bertz CT molecular complexity index is 585. The van der Waals surface area contributed by atoms with Gasteiger partial charge in [-0.25, -0.2) is 0 Å². The Morgan fingerprint density at radius 3 is 2.57 bits per heavy atom.